The summed E-state index contributed by atoms with van der Waals surface area (Å²) < 4.78 is 0. The zero-order chi connectivity index (χ0) is 14.9. The lowest BCUT2D eigenvalue weighted by Gasteiger charge is -2.06. The molecule has 1 heterocycles. The van der Waals surface area contributed by atoms with Gasteiger partial charge in [0.1, 0.15) is 5.03 Å². The number of nitrogens with one attached hydrogen (secondary N) is 2. The molecule has 0 fully saturated rings. The largest absolute Gasteiger partial charge is 0.351 e. The predicted molar refractivity (Wildman–Crippen MR) is 89.1 cm³/mol. The van der Waals surface area contributed by atoms with Gasteiger partial charge in [-0.1, -0.05) is 16.9 Å². The van der Waals surface area contributed by atoms with E-state index in [4.69, 9.17) is 5.84 Å². The summed E-state index contributed by atoms with van der Waals surface area (Å²) >= 11 is 0. The first kappa shape index (κ1) is 15.7. The Morgan fingerprint density at radius 2 is 2.00 bits per heavy atom. The smallest absolute Gasteiger partial charge is 0.251 e. The van der Waals surface area contributed by atoms with Gasteiger partial charge >= 0.3 is 0 Å². The zero-order valence-electron chi connectivity index (χ0n) is 11.3. The van der Waals surface area contributed by atoms with Crippen molar-refractivity contribution in [1.82, 2.24) is 10.3 Å². The lowest BCUT2D eigenvalue weighted by Crippen LogP contribution is -2.25. The van der Waals surface area contributed by atoms with E-state index in [1.165, 1.54) is 0 Å². The van der Waals surface area contributed by atoms with Gasteiger partial charge in [0, 0.05) is 29.7 Å². The normalized spacial score (nSPS) is 10.1. The average molecular weight is 320 g/mol. The van der Waals surface area contributed by atoms with Crippen molar-refractivity contribution in [3.05, 3.63) is 54.2 Å². The zero-order valence-corrected chi connectivity index (χ0v) is 12.9. The molecule has 0 aliphatic heterocycles. The van der Waals surface area contributed by atoms with Gasteiger partial charge in [-0.3, -0.25) is 10.6 Å². The Balaban J connectivity index is 1.67. The number of nitrogens with zero attached hydrogens (tertiary/aromatic N) is 1. The van der Waals surface area contributed by atoms with Crippen molar-refractivity contribution in [1.29, 1.82) is 0 Å². The van der Waals surface area contributed by atoms with Crippen molar-refractivity contribution in [2.75, 3.05) is 17.7 Å². The number of aromatic nitrogens is 1. The number of carbonyl (C=O) groups is 1. The molecule has 0 aliphatic carbocycles. The lowest BCUT2D eigenvalue weighted by atomic mass is 10.2. The molecular weight excluding hydrogens is 304 g/mol. The molecule has 4 N–H and O–H groups in total. The fourth-order valence-corrected chi connectivity index (χ4v) is 3.31. The van der Waals surface area contributed by atoms with E-state index in [9.17, 15) is 4.79 Å². The van der Waals surface area contributed by atoms with Crippen LogP contribution in [0.1, 0.15) is 10.4 Å². The summed E-state index contributed by atoms with van der Waals surface area (Å²) in [7, 11) is 3.27. The molecule has 2 aromatic rings. The Labute approximate surface area is 131 Å². The number of pyridine rings is 1. The van der Waals surface area contributed by atoms with Crippen molar-refractivity contribution in [2.45, 2.75) is 5.03 Å². The molecule has 0 radical (unpaired) electrons. The number of nitrogen functional groups attached to an aromatic ring is 1. The summed E-state index contributed by atoms with van der Waals surface area (Å²) in [4.78, 5) is 16.1. The van der Waals surface area contributed by atoms with Gasteiger partial charge in [0.05, 0.1) is 0 Å². The molecular formula is C14H16N4OS2. The number of rotatable bonds is 7. The standard InChI is InChI=1S/C14H16N4OS2/c15-18-12-6-4-11(5-7-12)14(19)17-9-10-20-21-13-3-1-2-8-16-13/h1-8,18H,9-10,15H2,(H,17,19). The Bertz CT molecular complexity index is 563. The second kappa shape index (κ2) is 8.56. The highest BCUT2D eigenvalue weighted by atomic mass is 33.1. The van der Waals surface area contributed by atoms with Crippen LogP contribution in [-0.2, 0) is 0 Å². The lowest BCUT2D eigenvalue weighted by molar-refractivity contribution is 0.0956. The molecule has 21 heavy (non-hydrogen) atoms. The Morgan fingerprint density at radius 1 is 1.19 bits per heavy atom. The minimum absolute atomic E-state index is 0.0815. The maximum Gasteiger partial charge on any atom is 0.251 e. The van der Waals surface area contributed by atoms with Crippen LogP contribution in [0.15, 0.2) is 53.7 Å². The third-order valence-electron chi connectivity index (χ3n) is 2.57. The van der Waals surface area contributed by atoms with Crippen LogP contribution >= 0.6 is 21.6 Å². The van der Waals surface area contributed by atoms with Gasteiger partial charge in [0.15, 0.2) is 0 Å². The van der Waals surface area contributed by atoms with Crippen LogP contribution in [0.3, 0.4) is 0 Å². The molecule has 1 amide bonds. The monoisotopic (exact) mass is 320 g/mol. The number of carbonyl (C=O) groups excluding carboxylic acids is 1. The first-order valence-corrected chi connectivity index (χ1v) is 8.67. The van der Waals surface area contributed by atoms with Gasteiger partial charge in [0.2, 0.25) is 0 Å². The summed E-state index contributed by atoms with van der Waals surface area (Å²) in [5.74, 6) is 6.01. The summed E-state index contributed by atoms with van der Waals surface area (Å²) in [6.07, 6.45) is 1.77. The number of hydrogen-bond donors (Lipinski definition) is 3. The van der Waals surface area contributed by atoms with Crippen molar-refractivity contribution in [3.8, 4) is 0 Å². The van der Waals surface area contributed by atoms with Crippen LogP contribution in [0.25, 0.3) is 0 Å². The molecule has 0 aliphatic rings. The van der Waals surface area contributed by atoms with E-state index in [1.54, 1.807) is 52.1 Å². The topological polar surface area (TPSA) is 80.0 Å². The van der Waals surface area contributed by atoms with Crippen LogP contribution in [-0.4, -0.2) is 23.2 Å². The molecule has 2 rings (SSSR count). The van der Waals surface area contributed by atoms with Crippen molar-refractivity contribution >= 4 is 33.2 Å². The highest BCUT2D eigenvalue weighted by molar-refractivity contribution is 8.76. The molecule has 0 saturated carbocycles. The quantitative estimate of drug-likeness (QED) is 0.315. The van der Waals surface area contributed by atoms with Crippen LogP contribution in [0.4, 0.5) is 5.69 Å². The second-order valence-corrected chi connectivity index (χ2v) is 6.49. The number of anilines is 1. The maximum absolute atomic E-state index is 11.9. The minimum atomic E-state index is -0.0815. The van der Waals surface area contributed by atoms with Gasteiger partial charge in [-0.25, -0.2) is 4.98 Å². The van der Waals surface area contributed by atoms with E-state index in [2.05, 4.69) is 15.7 Å². The fraction of sp³-hybridized carbons (Fsp3) is 0.143. The Kier molecular flexibility index (Phi) is 6.39. The summed E-state index contributed by atoms with van der Waals surface area (Å²) in [6.45, 7) is 0.611. The molecule has 110 valence electrons. The first-order valence-electron chi connectivity index (χ1n) is 6.35. The number of nitrogens with two attached hydrogens (primary N) is 1. The van der Waals surface area contributed by atoms with E-state index < -0.39 is 0 Å². The molecule has 0 bridgehead atoms. The van der Waals surface area contributed by atoms with E-state index in [0.29, 0.717) is 12.1 Å². The van der Waals surface area contributed by atoms with Gasteiger partial charge in [-0.15, -0.1) is 0 Å². The van der Waals surface area contributed by atoms with Gasteiger partial charge in [-0.2, -0.15) is 0 Å². The Hall–Kier alpha value is -1.70. The van der Waals surface area contributed by atoms with E-state index in [-0.39, 0.29) is 5.91 Å². The number of hydrazine groups is 1. The summed E-state index contributed by atoms with van der Waals surface area (Å²) in [5, 5.41) is 3.85. The van der Waals surface area contributed by atoms with E-state index >= 15 is 0 Å². The first-order chi connectivity index (χ1) is 10.3. The highest BCUT2D eigenvalue weighted by Gasteiger charge is 2.04. The van der Waals surface area contributed by atoms with Crippen LogP contribution in [0.5, 0.6) is 0 Å². The summed E-state index contributed by atoms with van der Waals surface area (Å²) in [5.41, 5.74) is 3.92. The fourth-order valence-electron chi connectivity index (χ4n) is 1.52. The maximum atomic E-state index is 11.9. The predicted octanol–water partition coefficient (Wildman–Crippen LogP) is 2.54. The third-order valence-corrected chi connectivity index (χ3v) is 4.83. The molecule has 0 saturated heterocycles. The SMILES string of the molecule is NNc1ccc(C(=O)NCCSSc2ccccn2)cc1. The molecule has 7 heteroatoms. The summed E-state index contributed by atoms with van der Waals surface area (Å²) in [6, 6.07) is 12.8. The van der Waals surface area contributed by atoms with Gasteiger partial charge < -0.3 is 10.7 Å². The van der Waals surface area contributed by atoms with E-state index in [0.717, 1.165) is 16.5 Å². The molecule has 0 spiro atoms. The molecule has 1 aromatic heterocycles. The molecule has 5 nitrogen and oxygen atoms in total. The number of benzene rings is 1. The molecule has 1 aromatic carbocycles. The molecule has 0 atom stereocenters. The van der Waals surface area contributed by atoms with Crippen molar-refractivity contribution in [3.63, 3.8) is 0 Å². The second-order valence-electron chi connectivity index (χ2n) is 4.05. The van der Waals surface area contributed by atoms with Crippen LogP contribution in [0.2, 0.25) is 0 Å². The minimum Gasteiger partial charge on any atom is -0.351 e. The number of hydrogen-bond acceptors (Lipinski definition) is 6. The molecule has 0 unspecified atom stereocenters. The van der Waals surface area contributed by atoms with Crippen molar-refractivity contribution in [2.24, 2.45) is 5.84 Å². The van der Waals surface area contributed by atoms with Gasteiger partial charge in [0.25, 0.3) is 5.91 Å². The van der Waals surface area contributed by atoms with Gasteiger partial charge in [-0.05, 0) is 47.2 Å². The van der Waals surface area contributed by atoms with Crippen LogP contribution < -0.4 is 16.6 Å². The number of amides is 1. The van der Waals surface area contributed by atoms with Crippen LogP contribution in [0, 0.1) is 0 Å². The highest BCUT2D eigenvalue weighted by Crippen LogP contribution is 2.28. The Morgan fingerprint density at radius 3 is 2.67 bits per heavy atom. The average Bonchev–Trinajstić information content (AvgIpc) is 2.55. The van der Waals surface area contributed by atoms with Crippen molar-refractivity contribution < 1.29 is 4.79 Å². The third kappa shape index (κ3) is 5.30. The van der Waals surface area contributed by atoms with E-state index in [1.807, 2.05) is 18.2 Å².